The van der Waals surface area contributed by atoms with Gasteiger partial charge < -0.3 is 34.3 Å². The normalized spacial score (nSPS) is 29.1. The fraction of sp³-hybridized carbons (Fsp3) is 0.438. The maximum atomic E-state index is 13.0. The quantitative estimate of drug-likeness (QED) is 0.537. The van der Waals surface area contributed by atoms with E-state index in [1.54, 1.807) is 0 Å². The number of ether oxygens (including phenoxy) is 2. The van der Waals surface area contributed by atoms with Crippen molar-refractivity contribution in [3.05, 3.63) is 40.2 Å². The van der Waals surface area contributed by atoms with Gasteiger partial charge in [-0.25, -0.2) is 4.79 Å². The van der Waals surface area contributed by atoms with Gasteiger partial charge in [-0.1, -0.05) is 0 Å². The second-order valence-electron chi connectivity index (χ2n) is 5.95. The Bertz CT molecular complexity index is 878. The summed E-state index contributed by atoms with van der Waals surface area (Å²) in [5, 5.41) is 38.1. The van der Waals surface area contributed by atoms with E-state index in [4.69, 9.17) is 19.0 Å². The second-order valence-corrected chi connectivity index (χ2v) is 5.95. The Kier molecular flexibility index (Phi) is 5.14. The number of alkyl halides is 3. The van der Waals surface area contributed by atoms with Crippen LogP contribution in [0, 0.1) is 0 Å². The molecule has 1 saturated heterocycles. The molecule has 148 valence electrons. The minimum atomic E-state index is -4.77. The molecule has 0 radical (unpaired) electrons. The van der Waals surface area contributed by atoms with Gasteiger partial charge in [-0.15, -0.1) is 0 Å². The van der Waals surface area contributed by atoms with Crippen LogP contribution in [0.3, 0.4) is 0 Å². The van der Waals surface area contributed by atoms with Gasteiger partial charge in [-0.2, -0.15) is 13.2 Å². The van der Waals surface area contributed by atoms with Gasteiger partial charge in [0.05, 0.1) is 12.2 Å². The summed E-state index contributed by atoms with van der Waals surface area (Å²) in [5.74, 6) is -0.130. The zero-order chi connectivity index (χ0) is 19.9. The highest BCUT2D eigenvalue weighted by Gasteiger charge is 2.44. The Balaban J connectivity index is 1.93. The van der Waals surface area contributed by atoms with Crippen LogP contribution in [0.1, 0.15) is 5.56 Å². The lowest BCUT2D eigenvalue weighted by Crippen LogP contribution is -2.60. The van der Waals surface area contributed by atoms with Crippen molar-refractivity contribution in [3.8, 4) is 5.75 Å². The van der Waals surface area contributed by atoms with Crippen LogP contribution in [-0.2, 0) is 10.9 Å². The highest BCUT2D eigenvalue weighted by Crippen LogP contribution is 2.35. The van der Waals surface area contributed by atoms with Crippen LogP contribution in [-0.4, -0.2) is 57.7 Å². The molecule has 0 aliphatic carbocycles. The molecule has 0 unspecified atom stereocenters. The first kappa shape index (κ1) is 19.6. The van der Waals surface area contributed by atoms with Crippen molar-refractivity contribution in [1.29, 1.82) is 0 Å². The van der Waals surface area contributed by atoms with Crippen LogP contribution in [0.5, 0.6) is 5.75 Å². The molecule has 0 saturated carbocycles. The van der Waals surface area contributed by atoms with Crippen molar-refractivity contribution >= 4 is 11.0 Å². The van der Waals surface area contributed by atoms with Gasteiger partial charge in [0.2, 0.25) is 6.29 Å². The molecule has 1 fully saturated rings. The predicted octanol–water partition coefficient (Wildman–Crippen LogP) is -0.00950. The van der Waals surface area contributed by atoms with Crippen LogP contribution >= 0.6 is 0 Å². The molecule has 11 heteroatoms. The summed E-state index contributed by atoms with van der Waals surface area (Å²) in [5.41, 5.74) is -2.79. The molecule has 2 aromatic rings. The van der Waals surface area contributed by atoms with E-state index in [9.17, 15) is 33.3 Å². The number of halogens is 3. The van der Waals surface area contributed by atoms with Crippen LogP contribution in [0.4, 0.5) is 13.2 Å². The first-order valence-electron chi connectivity index (χ1n) is 7.74. The second kappa shape index (κ2) is 7.09. The number of aliphatic hydroxyl groups excluding tert-OH is 4. The molecule has 0 bridgehead atoms. The lowest BCUT2D eigenvalue weighted by Gasteiger charge is -2.39. The molecule has 0 spiro atoms. The Morgan fingerprint density at radius 1 is 1.07 bits per heavy atom. The SMILES string of the molecule is O=c1cc(C(F)(F)F)c2ccc(O[C@@H]3O[C@H](CO)[C@H](O)[C@@H](O)[C@H]3O)cc2o1. The Morgan fingerprint density at radius 2 is 1.78 bits per heavy atom. The van der Waals surface area contributed by atoms with E-state index in [0.29, 0.717) is 6.07 Å². The number of aliphatic hydroxyl groups is 4. The van der Waals surface area contributed by atoms with Crippen LogP contribution in [0.25, 0.3) is 11.0 Å². The van der Waals surface area contributed by atoms with Crippen LogP contribution in [0.15, 0.2) is 33.5 Å². The van der Waals surface area contributed by atoms with Crippen molar-refractivity contribution < 1.29 is 47.5 Å². The van der Waals surface area contributed by atoms with Gasteiger partial charge in [-0.05, 0) is 12.1 Å². The maximum Gasteiger partial charge on any atom is 0.417 e. The monoisotopic (exact) mass is 392 g/mol. The van der Waals surface area contributed by atoms with E-state index in [0.717, 1.165) is 18.2 Å². The highest BCUT2D eigenvalue weighted by molar-refractivity contribution is 5.82. The summed E-state index contributed by atoms with van der Waals surface area (Å²) in [6.07, 6.45) is -12.5. The largest absolute Gasteiger partial charge is 0.462 e. The van der Waals surface area contributed by atoms with Gasteiger partial charge in [-0.3, -0.25) is 0 Å². The van der Waals surface area contributed by atoms with Gasteiger partial charge in [0.15, 0.2) is 0 Å². The zero-order valence-corrected chi connectivity index (χ0v) is 13.5. The minimum absolute atomic E-state index is 0.130. The van der Waals surface area contributed by atoms with Crippen molar-refractivity contribution in [2.45, 2.75) is 36.9 Å². The van der Waals surface area contributed by atoms with E-state index >= 15 is 0 Å². The van der Waals surface area contributed by atoms with E-state index in [2.05, 4.69) is 0 Å². The number of rotatable bonds is 3. The van der Waals surface area contributed by atoms with Crippen LogP contribution < -0.4 is 10.4 Å². The molecular weight excluding hydrogens is 377 g/mol. The fourth-order valence-corrected chi connectivity index (χ4v) is 2.75. The average molecular weight is 392 g/mol. The molecule has 1 aliphatic heterocycles. The Hall–Kier alpha value is -2.18. The third kappa shape index (κ3) is 3.77. The van der Waals surface area contributed by atoms with Crippen molar-refractivity contribution in [2.24, 2.45) is 0 Å². The van der Waals surface area contributed by atoms with Gasteiger partial charge in [0.25, 0.3) is 0 Å². The van der Waals surface area contributed by atoms with Crippen molar-refractivity contribution in [3.63, 3.8) is 0 Å². The Morgan fingerprint density at radius 3 is 2.41 bits per heavy atom. The van der Waals surface area contributed by atoms with Crippen LogP contribution in [0.2, 0.25) is 0 Å². The third-order valence-corrected chi connectivity index (χ3v) is 4.12. The molecular formula is C16H15F3O8. The lowest BCUT2D eigenvalue weighted by molar-refractivity contribution is -0.277. The Labute approximate surface area is 149 Å². The molecule has 2 heterocycles. The zero-order valence-electron chi connectivity index (χ0n) is 13.5. The van der Waals surface area contributed by atoms with E-state index in [1.165, 1.54) is 0 Å². The van der Waals surface area contributed by atoms with E-state index in [1.807, 2.05) is 0 Å². The van der Waals surface area contributed by atoms with Crippen molar-refractivity contribution in [2.75, 3.05) is 6.61 Å². The number of hydrogen-bond donors (Lipinski definition) is 4. The molecule has 4 N–H and O–H groups in total. The summed E-state index contributed by atoms with van der Waals surface area (Å²) in [6, 6.07) is 3.47. The number of benzene rings is 1. The number of hydrogen-bond acceptors (Lipinski definition) is 8. The molecule has 27 heavy (non-hydrogen) atoms. The molecule has 0 amide bonds. The average Bonchev–Trinajstić information content (AvgIpc) is 2.60. The lowest BCUT2D eigenvalue weighted by atomic mass is 9.99. The smallest absolute Gasteiger partial charge is 0.417 e. The summed E-state index contributed by atoms with van der Waals surface area (Å²) >= 11 is 0. The molecule has 8 nitrogen and oxygen atoms in total. The summed E-state index contributed by atoms with van der Waals surface area (Å²) in [6.45, 7) is -0.674. The first-order chi connectivity index (χ1) is 12.6. The van der Waals surface area contributed by atoms with Gasteiger partial charge in [0.1, 0.15) is 35.7 Å². The summed E-state index contributed by atoms with van der Waals surface area (Å²) in [7, 11) is 0. The first-order valence-corrected chi connectivity index (χ1v) is 7.74. The highest BCUT2D eigenvalue weighted by atomic mass is 19.4. The molecule has 1 aromatic carbocycles. The van der Waals surface area contributed by atoms with Gasteiger partial charge in [0, 0.05) is 17.5 Å². The predicted molar refractivity (Wildman–Crippen MR) is 81.9 cm³/mol. The van der Waals surface area contributed by atoms with E-state index < -0.39 is 60.3 Å². The molecule has 1 aromatic heterocycles. The van der Waals surface area contributed by atoms with Gasteiger partial charge >= 0.3 is 11.8 Å². The van der Waals surface area contributed by atoms with E-state index in [-0.39, 0.29) is 11.1 Å². The molecule has 1 aliphatic rings. The third-order valence-electron chi connectivity index (χ3n) is 4.12. The molecule has 3 rings (SSSR count). The standard InChI is InChI=1S/C16H15F3O8/c17-16(18,19)8-4-11(21)26-9-3-6(1-2-7(8)9)25-15-14(24)13(23)12(22)10(5-20)27-15/h1-4,10,12-15,20,22-24H,5H2/t10-,12+,13-,14-,15-/m1/s1. The maximum absolute atomic E-state index is 13.0. The molecule has 5 atom stereocenters. The number of fused-ring (bicyclic) bond motifs is 1. The van der Waals surface area contributed by atoms with Crippen molar-refractivity contribution in [1.82, 2.24) is 0 Å². The topological polar surface area (TPSA) is 130 Å². The summed E-state index contributed by atoms with van der Waals surface area (Å²) in [4.78, 5) is 11.4. The minimum Gasteiger partial charge on any atom is -0.462 e. The summed E-state index contributed by atoms with van der Waals surface area (Å²) < 4.78 is 54.3. The fourth-order valence-electron chi connectivity index (χ4n) is 2.75.